The maximum Gasteiger partial charge on any atom is 0.296 e. The summed E-state index contributed by atoms with van der Waals surface area (Å²) in [6.07, 6.45) is 1.37. The number of carbonyl (C=O) groups excluding carboxylic acids is 2. The number of halogens is 1. The average Bonchev–Trinajstić information content (AvgIpc) is 3.47. The van der Waals surface area contributed by atoms with Crippen LogP contribution >= 0.6 is 22.9 Å². The highest BCUT2D eigenvalue weighted by atomic mass is 35.5. The van der Waals surface area contributed by atoms with Crippen LogP contribution in [-0.2, 0) is 4.79 Å². The second-order valence-electron chi connectivity index (χ2n) is 7.63. The van der Waals surface area contributed by atoms with Crippen molar-refractivity contribution >= 4 is 50.0 Å². The van der Waals surface area contributed by atoms with Crippen LogP contribution in [0.15, 0.2) is 70.5 Å². The Balaban J connectivity index is 1.71. The van der Waals surface area contributed by atoms with Crippen molar-refractivity contribution in [2.24, 2.45) is 0 Å². The van der Waals surface area contributed by atoms with Gasteiger partial charge >= 0.3 is 0 Å². The molecule has 4 aromatic rings. The molecule has 3 heterocycles. The van der Waals surface area contributed by atoms with E-state index >= 15 is 0 Å². The minimum Gasteiger partial charge on any atom is -0.503 e. The first-order valence-electron chi connectivity index (χ1n) is 9.83. The lowest BCUT2D eigenvalue weighted by Crippen LogP contribution is -2.31. The van der Waals surface area contributed by atoms with Gasteiger partial charge in [0, 0.05) is 5.02 Å². The van der Waals surface area contributed by atoms with Crippen LogP contribution in [0, 0.1) is 13.8 Å². The van der Waals surface area contributed by atoms with Gasteiger partial charge in [-0.15, -0.1) is 0 Å². The number of hydrogen-bond acceptors (Lipinski definition) is 6. The summed E-state index contributed by atoms with van der Waals surface area (Å²) in [5.41, 5.74) is 3.35. The topological polar surface area (TPSA) is 83.6 Å². The molecule has 0 saturated heterocycles. The molecule has 2 aromatic carbocycles. The van der Waals surface area contributed by atoms with Crippen LogP contribution in [-0.4, -0.2) is 21.8 Å². The van der Waals surface area contributed by atoms with Gasteiger partial charge in [-0.2, -0.15) is 0 Å². The Bertz CT molecular complexity index is 1420. The average molecular weight is 465 g/mol. The van der Waals surface area contributed by atoms with Crippen LogP contribution < -0.4 is 4.90 Å². The highest BCUT2D eigenvalue weighted by Crippen LogP contribution is 2.45. The fourth-order valence-corrected chi connectivity index (χ4v) is 5.40. The summed E-state index contributed by atoms with van der Waals surface area (Å²) in [5, 5.41) is 11.6. The van der Waals surface area contributed by atoms with Crippen LogP contribution in [0.3, 0.4) is 0 Å². The van der Waals surface area contributed by atoms with Crippen molar-refractivity contribution in [3.05, 3.63) is 93.6 Å². The Morgan fingerprint density at radius 2 is 2.00 bits per heavy atom. The molecule has 1 aliphatic heterocycles. The quantitative estimate of drug-likeness (QED) is 0.378. The fourth-order valence-electron chi connectivity index (χ4n) is 4.03. The third-order valence-electron chi connectivity index (χ3n) is 5.39. The van der Waals surface area contributed by atoms with Crippen molar-refractivity contribution < 1.29 is 19.1 Å². The number of rotatable bonds is 4. The smallest absolute Gasteiger partial charge is 0.296 e. The van der Waals surface area contributed by atoms with Gasteiger partial charge in [0.1, 0.15) is 0 Å². The van der Waals surface area contributed by atoms with Gasteiger partial charge in [0.2, 0.25) is 5.78 Å². The zero-order chi connectivity index (χ0) is 22.6. The van der Waals surface area contributed by atoms with E-state index in [9.17, 15) is 14.7 Å². The lowest BCUT2D eigenvalue weighted by Gasteiger charge is -2.24. The summed E-state index contributed by atoms with van der Waals surface area (Å²) >= 11 is 7.55. The molecule has 0 aliphatic carbocycles. The lowest BCUT2D eigenvalue weighted by molar-refractivity contribution is -0.117. The van der Waals surface area contributed by atoms with E-state index in [0.29, 0.717) is 15.7 Å². The Labute approximate surface area is 192 Å². The molecule has 0 saturated carbocycles. The van der Waals surface area contributed by atoms with Crippen LogP contribution in [0.25, 0.3) is 10.2 Å². The van der Waals surface area contributed by atoms with Crippen molar-refractivity contribution in [3.63, 3.8) is 0 Å². The van der Waals surface area contributed by atoms with E-state index in [1.807, 2.05) is 26.0 Å². The Morgan fingerprint density at radius 1 is 1.19 bits per heavy atom. The zero-order valence-electron chi connectivity index (χ0n) is 17.1. The monoisotopic (exact) mass is 464 g/mol. The number of Topliss-reactive ketones (excluding diaryl/α,β-unsaturated/α-hetero) is 1. The molecule has 0 spiro atoms. The molecule has 8 heteroatoms. The van der Waals surface area contributed by atoms with E-state index in [4.69, 9.17) is 21.0 Å². The van der Waals surface area contributed by atoms with Crippen molar-refractivity contribution in [3.8, 4) is 0 Å². The number of aliphatic hydroxyl groups excluding tert-OH is 1. The van der Waals surface area contributed by atoms with Crippen molar-refractivity contribution in [1.82, 2.24) is 4.98 Å². The molecule has 1 aliphatic rings. The molecule has 0 unspecified atom stereocenters. The minimum atomic E-state index is -0.902. The maximum atomic E-state index is 13.3. The van der Waals surface area contributed by atoms with E-state index in [1.165, 1.54) is 28.6 Å². The Kier molecular flexibility index (Phi) is 4.87. The Morgan fingerprint density at radius 3 is 2.72 bits per heavy atom. The van der Waals surface area contributed by atoms with Crippen LogP contribution in [0.2, 0.25) is 5.02 Å². The number of nitrogens with zero attached hydrogens (tertiary/aromatic N) is 2. The van der Waals surface area contributed by atoms with Crippen LogP contribution in [0.1, 0.15) is 33.3 Å². The number of aryl methyl sites for hydroxylation is 2. The molecule has 0 bridgehead atoms. The number of thiazole rings is 1. The summed E-state index contributed by atoms with van der Waals surface area (Å²) in [7, 11) is 0. The number of ketones is 1. The largest absolute Gasteiger partial charge is 0.503 e. The van der Waals surface area contributed by atoms with Gasteiger partial charge < -0.3 is 9.52 Å². The second-order valence-corrected chi connectivity index (χ2v) is 9.07. The van der Waals surface area contributed by atoms with Gasteiger partial charge in [-0.1, -0.05) is 41.1 Å². The minimum absolute atomic E-state index is 0.0315. The SMILES string of the molecule is Cc1cc(C)c2nc(N3C(=O)C(O)=C(C(=O)c4ccco4)[C@H]3c3cccc(Cl)c3)sc2c1. The van der Waals surface area contributed by atoms with Crippen LogP contribution in [0.4, 0.5) is 5.13 Å². The number of aliphatic hydroxyl groups is 1. The molecule has 1 amide bonds. The first-order chi connectivity index (χ1) is 15.3. The van der Waals surface area contributed by atoms with E-state index in [2.05, 4.69) is 0 Å². The highest BCUT2D eigenvalue weighted by Gasteiger charge is 2.46. The van der Waals surface area contributed by atoms with E-state index in [1.54, 1.807) is 30.3 Å². The number of fused-ring (bicyclic) bond motifs is 1. The molecular weight excluding hydrogens is 448 g/mol. The first kappa shape index (κ1) is 20.5. The summed E-state index contributed by atoms with van der Waals surface area (Å²) in [4.78, 5) is 32.5. The first-order valence-corrected chi connectivity index (χ1v) is 11.0. The predicted molar refractivity (Wildman–Crippen MR) is 123 cm³/mol. The molecular formula is C24H17ClN2O4S. The molecule has 5 rings (SSSR count). The molecule has 0 radical (unpaired) electrons. The third kappa shape index (κ3) is 3.21. The van der Waals surface area contributed by atoms with E-state index < -0.39 is 23.5 Å². The molecule has 2 aromatic heterocycles. The van der Waals surface area contributed by atoms with Gasteiger partial charge in [-0.05, 0) is 60.9 Å². The highest BCUT2D eigenvalue weighted by molar-refractivity contribution is 7.22. The normalized spacial score (nSPS) is 16.4. The second kappa shape index (κ2) is 7.62. The van der Waals surface area contributed by atoms with Gasteiger partial charge in [0.25, 0.3) is 5.91 Å². The third-order valence-corrected chi connectivity index (χ3v) is 6.62. The van der Waals surface area contributed by atoms with E-state index in [-0.39, 0.29) is 11.3 Å². The van der Waals surface area contributed by atoms with Gasteiger partial charge in [-0.3, -0.25) is 14.5 Å². The van der Waals surface area contributed by atoms with Gasteiger partial charge in [-0.25, -0.2) is 4.98 Å². The summed E-state index contributed by atoms with van der Waals surface area (Å²) in [6.45, 7) is 3.95. The number of benzene rings is 2. The summed E-state index contributed by atoms with van der Waals surface area (Å²) in [5.74, 6) is -1.85. The number of amides is 1. The standard InChI is InChI=1S/C24H17ClN2O4S/c1-12-9-13(2)19-17(10-12)32-24(26-19)27-20(14-5-3-6-15(25)11-14)18(22(29)23(27)30)21(28)16-7-4-8-31-16/h3-11,20,29H,1-2H3/t20-/m1/s1. The van der Waals surface area contributed by atoms with Crippen molar-refractivity contribution in [2.45, 2.75) is 19.9 Å². The zero-order valence-corrected chi connectivity index (χ0v) is 18.7. The summed E-state index contributed by atoms with van der Waals surface area (Å²) < 4.78 is 6.17. The van der Waals surface area contributed by atoms with Crippen molar-refractivity contribution in [2.75, 3.05) is 4.90 Å². The maximum absolute atomic E-state index is 13.3. The molecule has 32 heavy (non-hydrogen) atoms. The number of aromatic nitrogens is 1. The number of carbonyl (C=O) groups is 2. The van der Waals surface area contributed by atoms with Gasteiger partial charge in [0.15, 0.2) is 16.7 Å². The number of hydrogen-bond donors (Lipinski definition) is 1. The molecule has 6 nitrogen and oxygen atoms in total. The van der Waals surface area contributed by atoms with Gasteiger partial charge in [0.05, 0.1) is 28.1 Å². The van der Waals surface area contributed by atoms with Crippen LogP contribution in [0.5, 0.6) is 0 Å². The molecule has 1 N–H and O–H groups in total. The molecule has 160 valence electrons. The van der Waals surface area contributed by atoms with Crippen molar-refractivity contribution in [1.29, 1.82) is 0 Å². The lowest BCUT2D eigenvalue weighted by atomic mass is 9.95. The Hall–Kier alpha value is -3.42. The number of anilines is 1. The summed E-state index contributed by atoms with van der Waals surface area (Å²) in [6, 6.07) is 13.1. The molecule has 1 atom stereocenters. The fraction of sp³-hybridized carbons (Fsp3) is 0.125. The van der Waals surface area contributed by atoms with E-state index in [0.717, 1.165) is 21.3 Å². The molecule has 0 fully saturated rings. The number of furan rings is 1. The predicted octanol–water partition coefficient (Wildman–Crippen LogP) is 5.94.